The molecule has 0 aliphatic carbocycles. The molecule has 3 aromatic heterocycles. The molecular weight excluding hydrogens is 343 g/mol. The van der Waals surface area contributed by atoms with Gasteiger partial charge in [0, 0.05) is 23.5 Å². The molecule has 0 saturated heterocycles. The van der Waals surface area contributed by atoms with E-state index in [4.69, 9.17) is 0 Å². The van der Waals surface area contributed by atoms with Crippen LogP contribution in [0.25, 0.3) is 33.9 Å². The molecule has 0 amide bonds. The minimum absolute atomic E-state index is 0.155. The predicted octanol–water partition coefficient (Wildman–Crippen LogP) is 4.27. The van der Waals surface area contributed by atoms with Gasteiger partial charge < -0.3 is 10.3 Å². The zero-order chi connectivity index (χ0) is 18.4. The Balaban J connectivity index is 1.84. The van der Waals surface area contributed by atoms with Crippen molar-refractivity contribution in [1.82, 2.24) is 19.9 Å². The molecule has 1 aliphatic heterocycles. The monoisotopic (exact) mass is 354 g/mol. The lowest BCUT2D eigenvalue weighted by Gasteiger charge is -2.08. The molecule has 1 aromatic carbocycles. The minimum Gasteiger partial charge on any atom is -0.338 e. The topological polar surface area (TPSA) is 90.3 Å². The third kappa shape index (κ3) is 2.28. The zero-order valence-corrected chi connectivity index (χ0v) is 13.9. The summed E-state index contributed by atoms with van der Waals surface area (Å²) in [6.07, 6.45) is 5.07. The molecule has 7 heteroatoms. The third-order valence-electron chi connectivity index (χ3n) is 4.48. The lowest BCUT2D eigenvalue weighted by molar-refractivity contribution is 0.630. The van der Waals surface area contributed by atoms with Crippen LogP contribution in [0.3, 0.4) is 0 Å². The summed E-state index contributed by atoms with van der Waals surface area (Å²) in [5, 5.41) is 12.7. The molecule has 0 saturated carbocycles. The number of aromatic amines is 1. The molecule has 0 fully saturated rings. The number of fused-ring (bicyclic) bond motifs is 5. The molecule has 4 aromatic rings. The predicted molar refractivity (Wildman–Crippen MR) is 98.4 cm³/mol. The maximum atomic E-state index is 14.5. The summed E-state index contributed by atoms with van der Waals surface area (Å²) in [7, 11) is 0. The van der Waals surface area contributed by atoms with Crippen molar-refractivity contribution in [3.05, 3.63) is 66.4 Å². The van der Waals surface area contributed by atoms with Gasteiger partial charge in [-0.25, -0.2) is 14.4 Å². The van der Waals surface area contributed by atoms with Gasteiger partial charge in [-0.1, -0.05) is 6.07 Å². The Hall–Kier alpha value is -4.05. The fraction of sp³-hybridized carbons (Fsp3) is 0. The highest BCUT2D eigenvalue weighted by Gasteiger charge is 2.25. The van der Waals surface area contributed by atoms with Crippen LogP contribution in [0.15, 0.2) is 55.0 Å². The van der Waals surface area contributed by atoms with E-state index >= 15 is 0 Å². The number of pyridine rings is 2. The van der Waals surface area contributed by atoms with Crippen LogP contribution < -0.4 is 5.32 Å². The van der Waals surface area contributed by atoms with Gasteiger partial charge in [-0.05, 0) is 30.3 Å². The van der Waals surface area contributed by atoms with Crippen molar-refractivity contribution in [1.29, 1.82) is 5.26 Å². The third-order valence-corrected chi connectivity index (χ3v) is 4.48. The second kappa shape index (κ2) is 5.75. The number of anilines is 2. The highest BCUT2D eigenvalue weighted by molar-refractivity contribution is 5.95. The molecule has 6 nitrogen and oxygen atoms in total. The van der Waals surface area contributed by atoms with Gasteiger partial charge in [0.2, 0.25) is 0 Å². The van der Waals surface area contributed by atoms with Crippen molar-refractivity contribution in [3.8, 4) is 40.0 Å². The summed E-state index contributed by atoms with van der Waals surface area (Å²) < 4.78 is 14.5. The smallest absolute Gasteiger partial charge is 0.142 e. The number of hydrogen-bond donors (Lipinski definition) is 2. The van der Waals surface area contributed by atoms with E-state index in [9.17, 15) is 9.65 Å². The standard InChI is InChI=1S/C20H11FN6/c21-14-5-1-3-11(9-22)16(14)20-26-17-12-6-8-23-10-15(12)25-19-13(18(17)27-20)4-2-7-24-19/h1-8,10H,(H,24,25)(H,26,27). The van der Waals surface area contributed by atoms with Crippen LogP contribution in [0.2, 0.25) is 0 Å². The van der Waals surface area contributed by atoms with E-state index in [0.717, 1.165) is 16.8 Å². The summed E-state index contributed by atoms with van der Waals surface area (Å²) in [6.45, 7) is 0. The number of nitrogens with zero attached hydrogens (tertiary/aromatic N) is 4. The molecule has 0 atom stereocenters. The maximum absolute atomic E-state index is 14.5. The second-order valence-corrected chi connectivity index (χ2v) is 6.03. The van der Waals surface area contributed by atoms with E-state index < -0.39 is 5.82 Å². The van der Waals surface area contributed by atoms with Gasteiger partial charge in [0.25, 0.3) is 0 Å². The highest BCUT2D eigenvalue weighted by Crippen LogP contribution is 2.43. The molecule has 4 heterocycles. The number of halogens is 1. The van der Waals surface area contributed by atoms with Crippen LogP contribution in [0, 0.1) is 17.1 Å². The van der Waals surface area contributed by atoms with Gasteiger partial charge in [-0.15, -0.1) is 0 Å². The molecule has 5 rings (SSSR count). The number of nitriles is 1. The maximum Gasteiger partial charge on any atom is 0.142 e. The molecule has 0 bridgehead atoms. The first-order valence-corrected chi connectivity index (χ1v) is 8.22. The van der Waals surface area contributed by atoms with Gasteiger partial charge in [-0.2, -0.15) is 5.26 Å². The first-order valence-electron chi connectivity index (χ1n) is 8.22. The Bertz CT molecular complexity index is 1170. The van der Waals surface area contributed by atoms with E-state index in [-0.39, 0.29) is 11.1 Å². The van der Waals surface area contributed by atoms with Crippen LogP contribution in [0.4, 0.5) is 15.9 Å². The van der Waals surface area contributed by atoms with Gasteiger partial charge in [0.1, 0.15) is 23.2 Å². The van der Waals surface area contributed by atoms with Crippen LogP contribution in [0.5, 0.6) is 0 Å². The molecule has 0 spiro atoms. The van der Waals surface area contributed by atoms with Crippen LogP contribution in [0.1, 0.15) is 5.56 Å². The Morgan fingerprint density at radius 1 is 1.04 bits per heavy atom. The van der Waals surface area contributed by atoms with Crippen molar-refractivity contribution >= 4 is 11.5 Å². The average molecular weight is 354 g/mol. The number of nitrogens with one attached hydrogen (secondary N) is 2. The summed E-state index contributed by atoms with van der Waals surface area (Å²) in [5.74, 6) is 0.434. The SMILES string of the molecule is N#Cc1cccc(F)c1-c1nc2c([nH]1)-c1ccncc1Nc1ncccc1-2. The number of aromatic nitrogens is 4. The molecular formula is C20H11FN6. The Morgan fingerprint density at radius 3 is 2.85 bits per heavy atom. The van der Waals surface area contributed by atoms with E-state index in [2.05, 4.69) is 25.3 Å². The molecule has 27 heavy (non-hydrogen) atoms. The fourth-order valence-electron chi connectivity index (χ4n) is 3.28. The normalized spacial score (nSPS) is 11.4. The molecule has 0 unspecified atom stereocenters. The first kappa shape index (κ1) is 15.2. The number of imidazole rings is 1. The molecule has 1 aliphatic rings. The lowest BCUT2D eigenvalue weighted by Crippen LogP contribution is -1.96. The van der Waals surface area contributed by atoms with Gasteiger partial charge in [-0.3, -0.25) is 4.98 Å². The fourth-order valence-corrected chi connectivity index (χ4v) is 3.28. The molecule has 128 valence electrons. The number of H-pyrrole nitrogens is 1. The van der Waals surface area contributed by atoms with E-state index in [0.29, 0.717) is 23.0 Å². The van der Waals surface area contributed by atoms with Crippen molar-refractivity contribution in [3.63, 3.8) is 0 Å². The minimum atomic E-state index is -0.502. The van der Waals surface area contributed by atoms with Gasteiger partial charge in [0.05, 0.1) is 34.8 Å². The van der Waals surface area contributed by atoms with Crippen molar-refractivity contribution in [2.24, 2.45) is 0 Å². The second-order valence-electron chi connectivity index (χ2n) is 6.03. The van der Waals surface area contributed by atoms with Gasteiger partial charge in [0.15, 0.2) is 0 Å². The van der Waals surface area contributed by atoms with Crippen LogP contribution >= 0.6 is 0 Å². The van der Waals surface area contributed by atoms with Crippen molar-refractivity contribution in [2.75, 3.05) is 5.32 Å². The highest BCUT2D eigenvalue weighted by atomic mass is 19.1. The van der Waals surface area contributed by atoms with E-state index in [1.165, 1.54) is 12.1 Å². The summed E-state index contributed by atoms with van der Waals surface area (Å²) >= 11 is 0. The van der Waals surface area contributed by atoms with Crippen LogP contribution in [-0.4, -0.2) is 19.9 Å². The summed E-state index contributed by atoms with van der Waals surface area (Å²) in [4.78, 5) is 16.4. The Labute approximate surface area is 153 Å². The zero-order valence-electron chi connectivity index (χ0n) is 13.9. The number of rotatable bonds is 1. The van der Waals surface area contributed by atoms with E-state index in [1.807, 2.05) is 24.3 Å². The quantitative estimate of drug-likeness (QED) is 0.469. The Kier molecular flexibility index (Phi) is 3.24. The number of benzene rings is 1. The van der Waals surface area contributed by atoms with Gasteiger partial charge >= 0.3 is 0 Å². The Morgan fingerprint density at radius 2 is 1.96 bits per heavy atom. The average Bonchev–Trinajstić information content (AvgIpc) is 3.08. The number of hydrogen-bond acceptors (Lipinski definition) is 5. The van der Waals surface area contributed by atoms with Crippen LogP contribution in [-0.2, 0) is 0 Å². The lowest BCUT2D eigenvalue weighted by atomic mass is 10.1. The summed E-state index contributed by atoms with van der Waals surface area (Å²) in [5.41, 5.74) is 4.11. The first-order chi connectivity index (χ1) is 13.3. The summed E-state index contributed by atoms with van der Waals surface area (Å²) in [6, 6.07) is 12.0. The largest absolute Gasteiger partial charge is 0.338 e. The van der Waals surface area contributed by atoms with Crippen molar-refractivity contribution < 1.29 is 4.39 Å². The molecule has 2 N–H and O–H groups in total. The van der Waals surface area contributed by atoms with E-state index in [1.54, 1.807) is 24.7 Å². The van der Waals surface area contributed by atoms with Crippen molar-refractivity contribution in [2.45, 2.75) is 0 Å². The molecule has 0 radical (unpaired) electrons.